The lowest BCUT2D eigenvalue weighted by atomic mass is 10.0. The van der Waals surface area contributed by atoms with Crippen LogP contribution in [-0.4, -0.2) is 15.5 Å². The number of aromatic nitrogens is 2. The fourth-order valence-electron chi connectivity index (χ4n) is 1.68. The summed E-state index contributed by atoms with van der Waals surface area (Å²) in [6.07, 6.45) is 3.79. The number of amides is 1. The lowest BCUT2D eigenvalue weighted by molar-refractivity contribution is -0.128. The van der Waals surface area contributed by atoms with E-state index in [2.05, 4.69) is 10.3 Å². The smallest absolute Gasteiger partial charge is 0.245 e. The van der Waals surface area contributed by atoms with Crippen LogP contribution in [0.3, 0.4) is 0 Å². The zero-order valence-electron chi connectivity index (χ0n) is 10.8. The Morgan fingerprint density at radius 1 is 1.44 bits per heavy atom. The molecule has 2 aromatic rings. The molecule has 1 N–H and O–H groups in total. The minimum absolute atomic E-state index is 0.00782. The van der Waals surface area contributed by atoms with Crippen LogP contribution in [0.1, 0.15) is 24.5 Å². The summed E-state index contributed by atoms with van der Waals surface area (Å²) in [5.74, 6) is -0.00782. The maximum Gasteiger partial charge on any atom is 0.245 e. The Balaban J connectivity index is 2.00. The number of nitrogens with zero attached hydrogens (tertiary/aromatic N) is 2. The third-order valence-electron chi connectivity index (χ3n) is 2.87. The van der Waals surface area contributed by atoms with Crippen LogP contribution in [0.4, 0.5) is 0 Å². The highest BCUT2D eigenvalue weighted by Gasteiger charge is 2.28. The fourth-order valence-corrected chi connectivity index (χ4v) is 2.39. The molecule has 5 heteroatoms. The van der Waals surface area contributed by atoms with E-state index < -0.39 is 5.54 Å². The maximum atomic E-state index is 12.2. The third-order valence-corrected chi connectivity index (χ3v) is 3.84. The molecule has 0 fully saturated rings. The molecule has 2 rings (SSSR count). The minimum atomic E-state index is -0.587. The summed E-state index contributed by atoms with van der Waals surface area (Å²) in [5, 5.41) is 5.85. The van der Waals surface area contributed by atoms with Crippen molar-refractivity contribution in [2.24, 2.45) is 0 Å². The van der Waals surface area contributed by atoms with Crippen LogP contribution >= 0.6 is 11.3 Å². The quantitative estimate of drug-likeness (QED) is 0.920. The van der Waals surface area contributed by atoms with Crippen LogP contribution in [0, 0.1) is 6.92 Å². The van der Waals surface area contributed by atoms with Crippen molar-refractivity contribution in [3.8, 4) is 0 Å². The average molecular weight is 263 g/mol. The van der Waals surface area contributed by atoms with Gasteiger partial charge >= 0.3 is 0 Å². The normalized spacial score (nSPS) is 11.5. The number of nitrogens with one attached hydrogen (secondary N) is 1. The molecule has 0 bridgehead atoms. The highest BCUT2D eigenvalue weighted by molar-refractivity contribution is 7.09. The van der Waals surface area contributed by atoms with Crippen LogP contribution in [0.25, 0.3) is 0 Å². The van der Waals surface area contributed by atoms with Crippen molar-refractivity contribution >= 4 is 17.2 Å². The van der Waals surface area contributed by atoms with Gasteiger partial charge in [-0.15, -0.1) is 11.3 Å². The molecule has 2 aromatic heterocycles. The summed E-state index contributed by atoms with van der Waals surface area (Å²) < 4.78 is 1.90. The van der Waals surface area contributed by atoms with Gasteiger partial charge < -0.3 is 9.88 Å². The highest BCUT2D eigenvalue weighted by Crippen LogP contribution is 2.16. The molecule has 0 aliphatic carbocycles. The number of carbonyl (C=O) groups excluding carboxylic acids is 1. The van der Waals surface area contributed by atoms with Crippen molar-refractivity contribution in [2.45, 2.75) is 32.9 Å². The Morgan fingerprint density at radius 3 is 2.67 bits per heavy atom. The largest absolute Gasteiger partial charge is 0.348 e. The highest BCUT2D eigenvalue weighted by atomic mass is 32.1. The lowest BCUT2D eigenvalue weighted by Crippen LogP contribution is -2.43. The van der Waals surface area contributed by atoms with E-state index in [1.54, 1.807) is 11.3 Å². The van der Waals surface area contributed by atoms with Crippen molar-refractivity contribution in [1.82, 2.24) is 14.9 Å². The van der Waals surface area contributed by atoms with Gasteiger partial charge in [0.1, 0.15) is 10.5 Å². The van der Waals surface area contributed by atoms with Gasteiger partial charge in [0.25, 0.3) is 0 Å². The van der Waals surface area contributed by atoms with E-state index in [-0.39, 0.29) is 5.91 Å². The van der Waals surface area contributed by atoms with Crippen LogP contribution in [0.2, 0.25) is 0 Å². The molecule has 0 aliphatic heterocycles. The summed E-state index contributed by atoms with van der Waals surface area (Å²) in [6, 6.07) is 3.83. The molecule has 2 heterocycles. The summed E-state index contributed by atoms with van der Waals surface area (Å²) >= 11 is 1.57. The monoisotopic (exact) mass is 263 g/mol. The van der Waals surface area contributed by atoms with Crippen molar-refractivity contribution < 1.29 is 4.79 Å². The van der Waals surface area contributed by atoms with Gasteiger partial charge in [0.15, 0.2) is 0 Å². The Hall–Kier alpha value is -1.62. The van der Waals surface area contributed by atoms with E-state index in [9.17, 15) is 4.79 Å². The van der Waals surface area contributed by atoms with Crippen LogP contribution in [0.15, 0.2) is 29.9 Å². The molecule has 0 atom stereocenters. The lowest BCUT2D eigenvalue weighted by Gasteiger charge is -2.25. The molecule has 0 aromatic carbocycles. The van der Waals surface area contributed by atoms with Crippen molar-refractivity contribution in [3.05, 3.63) is 40.6 Å². The third kappa shape index (κ3) is 2.61. The zero-order valence-corrected chi connectivity index (χ0v) is 11.6. The molecule has 0 saturated carbocycles. The molecule has 0 radical (unpaired) electrons. The Morgan fingerprint density at radius 2 is 2.11 bits per heavy atom. The van der Waals surface area contributed by atoms with Gasteiger partial charge in [-0.3, -0.25) is 4.79 Å². The molecule has 1 amide bonds. The van der Waals surface area contributed by atoms with Gasteiger partial charge in [-0.1, -0.05) is 0 Å². The van der Waals surface area contributed by atoms with E-state index in [4.69, 9.17) is 0 Å². The van der Waals surface area contributed by atoms with Gasteiger partial charge in [-0.2, -0.15) is 0 Å². The van der Waals surface area contributed by atoms with Gasteiger partial charge in [0.05, 0.1) is 6.54 Å². The maximum absolute atomic E-state index is 12.2. The van der Waals surface area contributed by atoms with E-state index in [0.29, 0.717) is 6.54 Å². The van der Waals surface area contributed by atoms with E-state index in [1.807, 2.05) is 55.2 Å². The molecule has 18 heavy (non-hydrogen) atoms. The summed E-state index contributed by atoms with van der Waals surface area (Å²) in [5.41, 5.74) is 0.407. The first-order chi connectivity index (χ1) is 8.50. The van der Waals surface area contributed by atoms with Gasteiger partial charge in [-0.25, -0.2) is 4.98 Å². The molecular weight excluding hydrogens is 246 g/mol. The fraction of sp³-hybridized carbons (Fsp3) is 0.385. The second-order valence-electron chi connectivity index (χ2n) is 4.71. The van der Waals surface area contributed by atoms with E-state index >= 15 is 0 Å². The van der Waals surface area contributed by atoms with Gasteiger partial charge in [0, 0.05) is 23.5 Å². The Bertz CT molecular complexity index is 528. The van der Waals surface area contributed by atoms with Crippen molar-refractivity contribution in [3.63, 3.8) is 0 Å². The standard InChI is InChI=1S/C13H17N3OS/c1-10-9-18-11(15-10)8-14-12(17)13(2,3)16-6-4-5-7-16/h4-7,9H,8H2,1-3H3,(H,14,17). The molecular formula is C13H17N3OS. The van der Waals surface area contributed by atoms with Crippen LogP contribution in [0.5, 0.6) is 0 Å². The second-order valence-corrected chi connectivity index (χ2v) is 5.66. The second kappa shape index (κ2) is 4.94. The number of hydrogen-bond acceptors (Lipinski definition) is 3. The number of thiazole rings is 1. The van der Waals surface area contributed by atoms with Gasteiger partial charge in [0.2, 0.25) is 5.91 Å². The summed E-state index contributed by atoms with van der Waals surface area (Å²) in [7, 11) is 0. The zero-order chi connectivity index (χ0) is 13.2. The number of aryl methyl sites for hydroxylation is 1. The van der Waals surface area contributed by atoms with Crippen molar-refractivity contribution in [1.29, 1.82) is 0 Å². The predicted octanol–water partition coefficient (Wildman–Crippen LogP) is 2.30. The first kappa shape index (κ1) is 12.8. The van der Waals surface area contributed by atoms with Gasteiger partial charge in [-0.05, 0) is 32.9 Å². The minimum Gasteiger partial charge on any atom is -0.348 e. The predicted molar refractivity (Wildman–Crippen MR) is 72.5 cm³/mol. The van der Waals surface area contributed by atoms with E-state index in [0.717, 1.165) is 10.7 Å². The Labute approximate surface area is 111 Å². The Kier molecular flexibility index (Phi) is 3.52. The van der Waals surface area contributed by atoms with E-state index in [1.165, 1.54) is 0 Å². The molecule has 96 valence electrons. The molecule has 4 nitrogen and oxygen atoms in total. The number of rotatable bonds is 4. The first-order valence-electron chi connectivity index (χ1n) is 5.83. The average Bonchev–Trinajstić information content (AvgIpc) is 2.96. The van der Waals surface area contributed by atoms with Crippen LogP contribution < -0.4 is 5.32 Å². The van der Waals surface area contributed by atoms with Crippen LogP contribution in [-0.2, 0) is 16.9 Å². The molecule has 0 spiro atoms. The molecule has 0 unspecified atom stereocenters. The SMILES string of the molecule is Cc1csc(CNC(=O)C(C)(C)n2cccc2)n1. The number of hydrogen-bond donors (Lipinski definition) is 1. The first-order valence-corrected chi connectivity index (χ1v) is 6.71. The summed E-state index contributed by atoms with van der Waals surface area (Å²) in [6.45, 7) is 6.23. The number of carbonyl (C=O) groups is 1. The molecule has 0 saturated heterocycles. The topological polar surface area (TPSA) is 46.9 Å². The van der Waals surface area contributed by atoms with Crippen molar-refractivity contribution in [2.75, 3.05) is 0 Å². The molecule has 0 aliphatic rings. The summed E-state index contributed by atoms with van der Waals surface area (Å²) in [4.78, 5) is 16.5.